The fourth-order valence-electron chi connectivity index (χ4n) is 1.90. The summed E-state index contributed by atoms with van der Waals surface area (Å²) in [5.41, 5.74) is -3.74. The Bertz CT molecular complexity index is 870. The van der Waals surface area contributed by atoms with Crippen molar-refractivity contribution in [1.29, 1.82) is 0 Å². The predicted molar refractivity (Wildman–Crippen MR) is 77.4 cm³/mol. The number of alkyl halides is 3. The summed E-state index contributed by atoms with van der Waals surface area (Å²) in [5, 5.41) is 12.2. The van der Waals surface area contributed by atoms with Crippen molar-refractivity contribution < 1.29 is 31.7 Å². The number of nitrogens with zero attached hydrogens (tertiary/aromatic N) is 1. The van der Waals surface area contributed by atoms with E-state index in [-0.39, 0.29) is 0 Å². The lowest BCUT2D eigenvalue weighted by Gasteiger charge is -2.11. The maximum atomic E-state index is 13.2. The highest BCUT2D eigenvalue weighted by atomic mass is 35.5. The molecule has 0 aliphatic carbocycles. The number of hydrogen-bond donors (Lipinski definition) is 1. The third kappa shape index (κ3) is 4.02. The van der Waals surface area contributed by atoms with Gasteiger partial charge in [-0.2, -0.15) is 13.2 Å². The van der Waals surface area contributed by atoms with E-state index in [4.69, 9.17) is 11.6 Å². The number of nitro benzene ring substituents is 1. The Labute approximate surface area is 141 Å². The molecule has 0 saturated heterocycles. The first-order chi connectivity index (χ1) is 11.5. The van der Waals surface area contributed by atoms with Crippen molar-refractivity contribution in [2.24, 2.45) is 0 Å². The smallest absolute Gasteiger partial charge is 0.322 e. The molecule has 0 radical (unpaired) electrons. The zero-order chi connectivity index (χ0) is 18.9. The highest BCUT2D eigenvalue weighted by Crippen LogP contribution is 2.37. The average Bonchev–Trinajstić information content (AvgIpc) is 2.49. The Hall–Kier alpha value is -2.75. The van der Waals surface area contributed by atoms with Gasteiger partial charge in [0.2, 0.25) is 0 Å². The molecule has 25 heavy (non-hydrogen) atoms. The average molecular weight is 381 g/mol. The second-order valence-corrected chi connectivity index (χ2v) is 5.09. The Kier molecular flexibility index (Phi) is 4.93. The van der Waals surface area contributed by atoms with E-state index >= 15 is 0 Å². The zero-order valence-electron chi connectivity index (χ0n) is 11.8. The number of benzene rings is 2. The fourth-order valence-corrected chi connectivity index (χ4v) is 2.13. The van der Waals surface area contributed by atoms with E-state index in [0.29, 0.717) is 24.3 Å². The number of amides is 1. The number of nitro groups is 1. The maximum absolute atomic E-state index is 13.2. The lowest BCUT2D eigenvalue weighted by molar-refractivity contribution is -0.388. The lowest BCUT2D eigenvalue weighted by atomic mass is 10.1. The van der Waals surface area contributed by atoms with Gasteiger partial charge < -0.3 is 5.32 Å². The van der Waals surface area contributed by atoms with Gasteiger partial charge in [-0.25, -0.2) is 8.78 Å². The minimum Gasteiger partial charge on any atom is -0.322 e. The van der Waals surface area contributed by atoms with Crippen molar-refractivity contribution in [3.63, 3.8) is 0 Å². The molecule has 0 aliphatic rings. The SMILES string of the molecule is O=C(Nc1ccc([N+](=O)[O-])c(C(F)(F)F)c1)c1cc(F)c(F)cc1Cl. The number of hydrogen-bond acceptors (Lipinski definition) is 3. The molecule has 0 aliphatic heterocycles. The van der Waals surface area contributed by atoms with Crippen LogP contribution in [0.15, 0.2) is 30.3 Å². The van der Waals surface area contributed by atoms with Crippen LogP contribution in [0.4, 0.5) is 33.3 Å². The van der Waals surface area contributed by atoms with Crippen LogP contribution in [0.25, 0.3) is 0 Å². The molecular formula is C14H6ClF5N2O3. The molecule has 2 aromatic rings. The minimum absolute atomic E-state index is 0.351. The Balaban J connectivity index is 2.39. The van der Waals surface area contributed by atoms with Gasteiger partial charge >= 0.3 is 6.18 Å². The highest BCUT2D eigenvalue weighted by molar-refractivity contribution is 6.34. The van der Waals surface area contributed by atoms with Gasteiger partial charge in [0.1, 0.15) is 5.56 Å². The van der Waals surface area contributed by atoms with Gasteiger partial charge in [-0.1, -0.05) is 11.6 Å². The van der Waals surface area contributed by atoms with E-state index < -0.39 is 56.2 Å². The second kappa shape index (κ2) is 6.63. The summed E-state index contributed by atoms with van der Waals surface area (Å²) < 4.78 is 64.8. The predicted octanol–water partition coefficient (Wildman–Crippen LogP) is 4.80. The summed E-state index contributed by atoms with van der Waals surface area (Å²) >= 11 is 5.60. The van der Waals surface area contributed by atoms with Gasteiger partial charge in [0.05, 0.1) is 15.5 Å². The molecule has 0 aromatic heterocycles. The van der Waals surface area contributed by atoms with Gasteiger partial charge in [-0.05, 0) is 24.3 Å². The molecule has 11 heteroatoms. The Morgan fingerprint density at radius 1 is 1.12 bits per heavy atom. The maximum Gasteiger partial charge on any atom is 0.423 e. The molecule has 0 fully saturated rings. The molecule has 0 spiro atoms. The molecule has 0 bridgehead atoms. The van der Waals surface area contributed by atoms with Gasteiger partial charge in [-0.3, -0.25) is 14.9 Å². The van der Waals surface area contributed by atoms with Crippen LogP contribution in [-0.2, 0) is 6.18 Å². The third-order valence-electron chi connectivity index (χ3n) is 3.01. The Morgan fingerprint density at radius 3 is 2.28 bits per heavy atom. The summed E-state index contributed by atoms with van der Waals surface area (Å²) in [4.78, 5) is 21.4. The summed E-state index contributed by atoms with van der Waals surface area (Å²) in [7, 11) is 0. The molecule has 2 aromatic carbocycles. The molecule has 1 N–H and O–H groups in total. The van der Waals surface area contributed by atoms with Crippen molar-refractivity contribution in [3.05, 3.63) is 68.2 Å². The monoisotopic (exact) mass is 380 g/mol. The molecule has 132 valence electrons. The zero-order valence-corrected chi connectivity index (χ0v) is 12.6. The molecule has 0 atom stereocenters. The van der Waals surface area contributed by atoms with Crippen LogP contribution in [0.2, 0.25) is 5.02 Å². The molecule has 5 nitrogen and oxygen atoms in total. The number of halogens is 6. The van der Waals surface area contributed by atoms with Crippen molar-refractivity contribution in [3.8, 4) is 0 Å². The molecule has 0 heterocycles. The summed E-state index contributed by atoms with van der Waals surface area (Å²) in [6.45, 7) is 0. The van der Waals surface area contributed by atoms with Crippen LogP contribution in [-0.4, -0.2) is 10.8 Å². The highest BCUT2D eigenvalue weighted by Gasteiger charge is 2.38. The summed E-state index contributed by atoms with van der Waals surface area (Å²) in [6.07, 6.45) is -5.04. The molecule has 0 unspecified atom stereocenters. The van der Waals surface area contributed by atoms with Gasteiger partial charge in [0.15, 0.2) is 11.6 Å². The minimum atomic E-state index is -5.04. The number of rotatable bonds is 3. The number of carbonyl (C=O) groups excluding carboxylic acids is 1. The largest absolute Gasteiger partial charge is 0.423 e. The topological polar surface area (TPSA) is 72.2 Å². The van der Waals surface area contributed by atoms with Crippen LogP contribution >= 0.6 is 11.6 Å². The van der Waals surface area contributed by atoms with Gasteiger partial charge in [-0.15, -0.1) is 0 Å². The molecule has 0 saturated carbocycles. The van der Waals surface area contributed by atoms with Crippen molar-refractivity contribution in [1.82, 2.24) is 0 Å². The van der Waals surface area contributed by atoms with E-state index in [2.05, 4.69) is 0 Å². The van der Waals surface area contributed by atoms with E-state index in [1.165, 1.54) is 0 Å². The Morgan fingerprint density at radius 2 is 1.72 bits per heavy atom. The normalized spacial score (nSPS) is 11.3. The number of nitrogens with one attached hydrogen (secondary N) is 1. The summed E-state index contributed by atoms with van der Waals surface area (Å²) in [5.74, 6) is -3.81. The van der Waals surface area contributed by atoms with Gasteiger partial charge in [0, 0.05) is 11.8 Å². The van der Waals surface area contributed by atoms with Crippen LogP contribution in [0, 0.1) is 21.7 Å². The van der Waals surface area contributed by atoms with E-state index in [1.807, 2.05) is 5.32 Å². The number of anilines is 1. The fraction of sp³-hybridized carbons (Fsp3) is 0.0714. The van der Waals surface area contributed by atoms with E-state index in [9.17, 15) is 36.9 Å². The van der Waals surface area contributed by atoms with Crippen molar-refractivity contribution in [2.45, 2.75) is 6.18 Å². The quantitative estimate of drug-likeness (QED) is 0.360. The van der Waals surface area contributed by atoms with Crippen LogP contribution < -0.4 is 5.32 Å². The van der Waals surface area contributed by atoms with E-state index in [0.717, 1.165) is 6.07 Å². The van der Waals surface area contributed by atoms with Gasteiger partial charge in [0.25, 0.3) is 11.6 Å². The van der Waals surface area contributed by atoms with Crippen LogP contribution in [0.3, 0.4) is 0 Å². The number of carbonyl (C=O) groups is 1. The molecule has 1 amide bonds. The molecular weight excluding hydrogens is 375 g/mol. The van der Waals surface area contributed by atoms with Crippen LogP contribution in [0.1, 0.15) is 15.9 Å². The lowest BCUT2D eigenvalue weighted by Crippen LogP contribution is -2.15. The first-order valence-corrected chi connectivity index (χ1v) is 6.70. The first kappa shape index (κ1) is 18.6. The standard InChI is InChI=1S/C14H6ClF5N2O3/c15-9-5-11(17)10(16)4-7(9)13(23)21-6-1-2-12(22(24)25)8(3-6)14(18,19)20/h1-5H,(H,21,23). The first-order valence-electron chi connectivity index (χ1n) is 6.32. The van der Waals surface area contributed by atoms with Crippen LogP contribution in [0.5, 0.6) is 0 Å². The van der Waals surface area contributed by atoms with Crippen molar-refractivity contribution >= 4 is 28.9 Å². The molecule has 2 rings (SSSR count). The second-order valence-electron chi connectivity index (χ2n) is 4.69. The summed E-state index contributed by atoms with van der Waals surface area (Å²) in [6, 6.07) is 2.78. The van der Waals surface area contributed by atoms with Crippen molar-refractivity contribution in [2.75, 3.05) is 5.32 Å². The van der Waals surface area contributed by atoms with E-state index in [1.54, 1.807) is 0 Å². The third-order valence-corrected chi connectivity index (χ3v) is 3.32.